The third-order valence-corrected chi connectivity index (χ3v) is 6.25. The number of hydrogen-bond donors (Lipinski definition) is 0. The number of aromatic nitrogens is 3. The number of fused-ring (bicyclic) bond motifs is 1. The van der Waals surface area contributed by atoms with Crippen LogP contribution in [0.3, 0.4) is 0 Å². The first-order valence-electron chi connectivity index (χ1n) is 8.11. The topological polar surface area (TPSA) is 63.4 Å². The van der Waals surface area contributed by atoms with Crippen molar-refractivity contribution in [3.8, 4) is 21.1 Å². The van der Waals surface area contributed by atoms with Gasteiger partial charge < -0.3 is 0 Å². The Bertz CT molecular complexity index is 1150. The number of amidine groups is 1. The van der Waals surface area contributed by atoms with Crippen LogP contribution in [0, 0.1) is 0 Å². The van der Waals surface area contributed by atoms with E-state index in [1.807, 2.05) is 30.3 Å². The van der Waals surface area contributed by atoms with Crippen molar-refractivity contribution >= 4 is 57.0 Å². The molecule has 0 unspecified atom stereocenters. The molecule has 0 amide bonds. The van der Waals surface area contributed by atoms with Gasteiger partial charge in [-0.15, -0.1) is 35.8 Å². The molecule has 140 valence electrons. The second-order valence-electron chi connectivity index (χ2n) is 5.29. The van der Waals surface area contributed by atoms with Crippen molar-refractivity contribution in [2.45, 2.75) is 0 Å². The average molecular weight is 426 g/mol. The molecule has 0 N–H and O–H groups in total. The van der Waals surface area contributed by atoms with E-state index in [1.54, 1.807) is 19.4 Å². The number of hydrogen-bond acceptors (Lipinski definition) is 6. The smallest absolute Gasteiger partial charge is 0.164 e. The van der Waals surface area contributed by atoms with E-state index in [2.05, 4.69) is 39.8 Å². The van der Waals surface area contributed by atoms with E-state index in [0.29, 0.717) is 11.0 Å². The predicted molar refractivity (Wildman–Crippen MR) is 122 cm³/mol. The highest BCUT2D eigenvalue weighted by Gasteiger charge is 2.16. The zero-order chi connectivity index (χ0) is 20.1. The van der Waals surface area contributed by atoms with Crippen LogP contribution in [0.15, 0.2) is 65.9 Å². The molecule has 0 aliphatic heterocycles. The van der Waals surface area contributed by atoms with Gasteiger partial charge in [-0.3, -0.25) is 9.98 Å². The molecule has 0 atom stereocenters. The third-order valence-electron chi connectivity index (χ3n) is 3.69. The quantitative estimate of drug-likeness (QED) is 0.229. The van der Waals surface area contributed by atoms with E-state index in [4.69, 9.17) is 16.6 Å². The maximum absolute atomic E-state index is 6.38. The molecule has 0 aliphatic rings. The average Bonchev–Trinajstić information content (AvgIpc) is 3.34. The Labute approximate surface area is 175 Å². The van der Waals surface area contributed by atoms with Crippen molar-refractivity contribution < 1.29 is 0 Å². The SMILES string of the molecule is C=C.C=NC(=NC)c1cc2ccc(-c3sc(-c4cccnc4)nc3Cl)nc2s1. The van der Waals surface area contributed by atoms with Crippen LogP contribution in [0.4, 0.5) is 0 Å². The summed E-state index contributed by atoms with van der Waals surface area (Å²) < 4.78 is 0. The number of rotatable bonds is 3. The lowest BCUT2D eigenvalue weighted by molar-refractivity contribution is 1.31. The summed E-state index contributed by atoms with van der Waals surface area (Å²) in [5, 5.41) is 2.30. The van der Waals surface area contributed by atoms with Crippen molar-refractivity contribution in [3.05, 3.63) is 65.9 Å². The molecule has 0 saturated heterocycles. The number of nitrogens with zero attached hydrogens (tertiary/aromatic N) is 5. The Morgan fingerprint density at radius 3 is 2.64 bits per heavy atom. The van der Waals surface area contributed by atoms with Gasteiger partial charge in [0.25, 0.3) is 0 Å². The first kappa shape index (κ1) is 20.0. The van der Waals surface area contributed by atoms with E-state index in [-0.39, 0.29) is 0 Å². The Kier molecular flexibility index (Phi) is 6.41. The molecule has 4 heterocycles. The van der Waals surface area contributed by atoms with E-state index in [9.17, 15) is 0 Å². The molecule has 0 radical (unpaired) electrons. The maximum Gasteiger partial charge on any atom is 0.164 e. The summed E-state index contributed by atoms with van der Waals surface area (Å²) in [6.07, 6.45) is 3.50. The highest BCUT2D eigenvalue weighted by Crippen LogP contribution is 2.38. The minimum Gasteiger partial charge on any atom is -0.269 e. The summed E-state index contributed by atoms with van der Waals surface area (Å²) in [5.41, 5.74) is 1.73. The number of halogens is 1. The summed E-state index contributed by atoms with van der Waals surface area (Å²) in [7, 11) is 1.70. The molecule has 0 saturated carbocycles. The second kappa shape index (κ2) is 8.97. The lowest BCUT2D eigenvalue weighted by Gasteiger charge is -1.97. The maximum atomic E-state index is 6.38. The molecule has 0 spiro atoms. The predicted octanol–water partition coefficient (Wildman–Crippen LogP) is 6.01. The van der Waals surface area contributed by atoms with Gasteiger partial charge in [-0.1, -0.05) is 11.6 Å². The van der Waals surface area contributed by atoms with Gasteiger partial charge in [0, 0.05) is 30.4 Å². The van der Waals surface area contributed by atoms with E-state index >= 15 is 0 Å². The first-order chi connectivity index (χ1) is 13.7. The van der Waals surface area contributed by atoms with Gasteiger partial charge in [0.1, 0.15) is 15.0 Å². The molecular weight excluding hydrogens is 410 g/mol. The normalized spacial score (nSPS) is 11.1. The fourth-order valence-corrected chi connectivity index (χ4v) is 4.78. The summed E-state index contributed by atoms with van der Waals surface area (Å²) in [4.78, 5) is 24.1. The fourth-order valence-electron chi connectivity index (χ4n) is 2.49. The molecule has 4 aromatic heterocycles. The largest absolute Gasteiger partial charge is 0.269 e. The van der Waals surface area contributed by atoms with Crippen LogP contribution < -0.4 is 0 Å². The molecule has 5 nitrogen and oxygen atoms in total. The first-order valence-corrected chi connectivity index (χ1v) is 10.1. The lowest BCUT2D eigenvalue weighted by Crippen LogP contribution is -1.90. The van der Waals surface area contributed by atoms with Crippen LogP contribution in [0.2, 0.25) is 5.15 Å². The fraction of sp³-hybridized carbons (Fsp3) is 0.0500. The zero-order valence-electron chi connectivity index (χ0n) is 15.1. The number of thiophene rings is 1. The van der Waals surface area contributed by atoms with Crippen LogP contribution in [-0.4, -0.2) is 34.6 Å². The standard InChI is InChI=1S/C18H12ClN5S2.C2H4/c1-20-16(21-2)13-8-10-5-6-12(23-17(10)25-13)14-15(19)24-18(26-14)11-4-3-7-22-9-11;1-2/h3-9H,1H2,2H3;1-2H2. The minimum atomic E-state index is 0.445. The summed E-state index contributed by atoms with van der Waals surface area (Å²) in [6, 6.07) is 9.83. The molecule has 4 rings (SSSR count). The third kappa shape index (κ3) is 3.91. The Balaban J connectivity index is 0.00000109. The highest BCUT2D eigenvalue weighted by molar-refractivity contribution is 7.20. The molecule has 4 aromatic rings. The summed E-state index contributed by atoms with van der Waals surface area (Å²) in [5.74, 6) is 0.615. The molecule has 8 heteroatoms. The van der Waals surface area contributed by atoms with Crippen molar-refractivity contribution in [1.82, 2.24) is 15.0 Å². The van der Waals surface area contributed by atoms with E-state index in [1.165, 1.54) is 22.7 Å². The molecule has 0 fully saturated rings. The molecule has 28 heavy (non-hydrogen) atoms. The number of thiazole rings is 1. The molecule has 0 bridgehead atoms. The van der Waals surface area contributed by atoms with Crippen LogP contribution in [-0.2, 0) is 0 Å². The number of aliphatic imine (C=N–C) groups is 2. The van der Waals surface area contributed by atoms with Gasteiger partial charge >= 0.3 is 0 Å². The van der Waals surface area contributed by atoms with Crippen molar-refractivity contribution in [1.29, 1.82) is 0 Å². The Morgan fingerprint density at radius 2 is 1.96 bits per heavy atom. The van der Waals surface area contributed by atoms with Crippen LogP contribution in [0.25, 0.3) is 31.4 Å². The van der Waals surface area contributed by atoms with E-state index < -0.39 is 0 Å². The van der Waals surface area contributed by atoms with Gasteiger partial charge in [-0.05, 0) is 37.0 Å². The Hall–Kier alpha value is -2.74. The molecular formula is C20H16ClN5S2. The Morgan fingerprint density at radius 1 is 1.14 bits per heavy atom. The van der Waals surface area contributed by atoms with Crippen LogP contribution in [0.1, 0.15) is 4.88 Å². The van der Waals surface area contributed by atoms with Crippen molar-refractivity contribution in [2.75, 3.05) is 7.05 Å². The van der Waals surface area contributed by atoms with Gasteiger partial charge in [-0.2, -0.15) is 0 Å². The molecule has 0 aliphatic carbocycles. The second-order valence-corrected chi connectivity index (χ2v) is 7.68. The minimum absolute atomic E-state index is 0.445. The van der Waals surface area contributed by atoms with Gasteiger partial charge in [-0.25, -0.2) is 15.0 Å². The number of pyridine rings is 2. The highest BCUT2D eigenvalue weighted by atomic mass is 35.5. The summed E-state index contributed by atoms with van der Waals surface area (Å²) in [6.45, 7) is 9.56. The zero-order valence-corrected chi connectivity index (χ0v) is 17.5. The lowest BCUT2D eigenvalue weighted by atomic mass is 10.2. The van der Waals surface area contributed by atoms with Gasteiger partial charge in [0.05, 0.1) is 15.4 Å². The van der Waals surface area contributed by atoms with Crippen molar-refractivity contribution in [2.24, 2.45) is 9.98 Å². The summed E-state index contributed by atoms with van der Waals surface area (Å²) >= 11 is 9.41. The van der Waals surface area contributed by atoms with Crippen LogP contribution >= 0.6 is 34.3 Å². The van der Waals surface area contributed by atoms with Gasteiger partial charge in [0.15, 0.2) is 5.84 Å². The van der Waals surface area contributed by atoms with Crippen molar-refractivity contribution in [3.63, 3.8) is 0 Å². The van der Waals surface area contributed by atoms with Crippen LogP contribution in [0.5, 0.6) is 0 Å². The molecule has 0 aromatic carbocycles. The monoisotopic (exact) mass is 425 g/mol. The van der Waals surface area contributed by atoms with E-state index in [0.717, 1.165) is 36.2 Å². The van der Waals surface area contributed by atoms with Gasteiger partial charge in [0.2, 0.25) is 0 Å².